The molecule has 2 heterocycles. The number of hydrogen-bond acceptors (Lipinski definition) is 5. The maximum absolute atomic E-state index is 12.3. The number of aromatic nitrogens is 2. The number of carbonyl (C=O) groups is 1. The van der Waals surface area contributed by atoms with E-state index in [1.807, 2.05) is 11.4 Å². The van der Waals surface area contributed by atoms with Crippen molar-refractivity contribution < 1.29 is 4.79 Å². The second-order valence-electron chi connectivity index (χ2n) is 5.30. The highest BCUT2D eigenvalue weighted by atomic mass is 32.1. The largest absolute Gasteiger partial charge is 0.330 e. The third-order valence-corrected chi connectivity index (χ3v) is 4.87. The van der Waals surface area contributed by atoms with Crippen molar-refractivity contribution in [2.45, 2.75) is 25.7 Å². The maximum Gasteiger partial charge on any atom is 0.228 e. The lowest BCUT2D eigenvalue weighted by molar-refractivity contribution is -0.121. The molecular weight excluding hydrogens is 272 g/mol. The van der Waals surface area contributed by atoms with Gasteiger partial charge < -0.3 is 11.1 Å². The highest BCUT2D eigenvalue weighted by Gasteiger charge is 2.26. The summed E-state index contributed by atoms with van der Waals surface area (Å²) in [5.74, 6) is 1.37. The summed E-state index contributed by atoms with van der Waals surface area (Å²) in [6.07, 6.45) is 5.44. The second kappa shape index (κ2) is 5.85. The first-order valence-corrected chi connectivity index (χ1v) is 7.85. The number of thiophene rings is 1. The van der Waals surface area contributed by atoms with E-state index in [9.17, 15) is 4.79 Å². The Bertz CT molecular complexity index is 604. The summed E-state index contributed by atoms with van der Waals surface area (Å²) in [5.41, 5.74) is 5.68. The van der Waals surface area contributed by atoms with Crippen LogP contribution in [-0.4, -0.2) is 22.4 Å². The smallest absolute Gasteiger partial charge is 0.228 e. The average Bonchev–Trinajstić information content (AvgIpc) is 2.97. The summed E-state index contributed by atoms with van der Waals surface area (Å²) in [7, 11) is 0. The SMILES string of the molecule is NC[C@H]1CC[C@H](C(=O)Nc2ncnc3sccc23)CC1. The molecule has 1 amide bonds. The van der Waals surface area contributed by atoms with Crippen molar-refractivity contribution in [1.29, 1.82) is 0 Å². The Morgan fingerprint density at radius 3 is 2.90 bits per heavy atom. The van der Waals surface area contributed by atoms with Gasteiger partial charge in [0.2, 0.25) is 5.91 Å². The molecular formula is C14H18N4OS. The Balaban J connectivity index is 1.69. The van der Waals surface area contributed by atoms with E-state index in [-0.39, 0.29) is 11.8 Å². The van der Waals surface area contributed by atoms with Gasteiger partial charge in [-0.15, -0.1) is 11.3 Å². The normalized spacial score (nSPS) is 22.9. The summed E-state index contributed by atoms with van der Waals surface area (Å²) in [5, 5.41) is 5.84. The molecule has 6 heteroatoms. The predicted molar refractivity (Wildman–Crippen MR) is 80.5 cm³/mol. The first-order chi connectivity index (χ1) is 9.78. The van der Waals surface area contributed by atoms with Gasteiger partial charge in [0.05, 0.1) is 5.39 Å². The molecule has 0 aliphatic heterocycles. The van der Waals surface area contributed by atoms with E-state index in [0.29, 0.717) is 11.7 Å². The number of amides is 1. The van der Waals surface area contributed by atoms with E-state index < -0.39 is 0 Å². The fraction of sp³-hybridized carbons (Fsp3) is 0.500. The number of hydrogen-bond donors (Lipinski definition) is 2. The third kappa shape index (κ3) is 2.66. The van der Waals surface area contributed by atoms with Crippen LogP contribution < -0.4 is 11.1 Å². The van der Waals surface area contributed by atoms with Gasteiger partial charge >= 0.3 is 0 Å². The molecule has 0 saturated heterocycles. The molecule has 106 valence electrons. The fourth-order valence-electron chi connectivity index (χ4n) is 2.77. The van der Waals surface area contributed by atoms with E-state index in [2.05, 4.69) is 15.3 Å². The number of nitrogens with zero attached hydrogens (tertiary/aromatic N) is 2. The van der Waals surface area contributed by atoms with Gasteiger partial charge in [0, 0.05) is 5.92 Å². The predicted octanol–water partition coefficient (Wildman–Crippen LogP) is 2.39. The van der Waals surface area contributed by atoms with E-state index in [1.54, 1.807) is 11.3 Å². The third-order valence-electron chi connectivity index (χ3n) is 4.05. The second-order valence-corrected chi connectivity index (χ2v) is 6.20. The van der Waals surface area contributed by atoms with Gasteiger partial charge in [-0.05, 0) is 49.6 Å². The number of nitrogens with two attached hydrogens (primary N) is 1. The molecule has 1 saturated carbocycles. The lowest BCUT2D eigenvalue weighted by Gasteiger charge is -2.26. The molecule has 1 aliphatic carbocycles. The molecule has 2 aromatic heterocycles. The summed E-state index contributed by atoms with van der Waals surface area (Å²) in [6, 6.07) is 1.95. The number of rotatable bonds is 3. The van der Waals surface area contributed by atoms with Gasteiger partial charge in [0.25, 0.3) is 0 Å². The molecule has 0 atom stereocenters. The average molecular weight is 290 g/mol. The van der Waals surface area contributed by atoms with Gasteiger partial charge in [0.15, 0.2) is 0 Å². The minimum atomic E-state index is 0.0756. The van der Waals surface area contributed by atoms with Crippen LogP contribution in [0, 0.1) is 11.8 Å². The lowest BCUT2D eigenvalue weighted by atomic mass is 9.81. The van der Waals surface area contributed by atoms with Crippen LogP contribution in [0.15, 0.2) is 17.8 Å². The van der Waals surface area contributed by atoms with Crippen LogP contribution in [0.25, 0.3) is 10.2 Å². The van der Waals surface area contributed by atoms with Crippen molar-refractivity contribution in [3.05, 3.63) is 17.8 Å². The minimum Gasteiger partial charge on any atom is -0.330 e. The topological polar surface area (TPSA) is 80.9 Å². The molecule has 3 rings (SSSR count). The van der Waals surface area contributed by atoms with Gasteiger partial charge in [-0.25, -0.2) is 9.97 Å². The van der Waals surface area contributed by atoms with Crippen LogP contribution in [0.1, 0.15) is 25.7 Å². The molecule has 0 spiro atoms. The quantitative estimate of drug-likeness (QED) is 0.909. The Labute approximate surface area is 121 Å². The maximum atomic E-state index is 12.3. The van der Waals surface area contributed by atoms with Crippen molar-refractivity contribution >= 4 is 33.3 Å². The zero-order chi connectivity index (χ0) is 13.9. The number of carbonyl (C=O) groups excluding carboxylic acids is 1. The molecule has 2 aromatic rings. The van der Waals surface area contributed by atoms with Gasteiger partial charge in [-0.1, -0.05) is 0 Å². The summed E-state index contributed by atoms with van der Waals surface area (Å²) in [4.78, 5) is 21.6. The Hall–Kier alpha value is -1.53. The van der Waals surface area contributed by atoms with Crippen molar-refractivity contribution in [3.8, 4) is 0 Å². The van der Waals surface area contributed by atoms with Crippen LogP contribution in [0.5, 0.6) is 0 Å². The lowest BCUT2D eigenvalue weighted by Crippen LogP contribution is -2.29. The first kappa shape index (κ1) is 13.5. The number of anilines is 1. The standard InChI is InChI=1S/C14H18N4OS/c15-7-9-1-3-10(4-2-9)13(19)18-12-11-5-6-20-14(11)17-8-16-12/h5-6,8-10H,1-4,7,15H2,(H,16,17,18,19)/t9-,10-. The van der Waals surface area contributed by atoms with Gasteiger partial charge in [0.1, 0.15) is 17.0 Å². The first-order valence-electron chi connectivity index (χ1n) is 6.97. The molecule has 1 fully saturated rings. The van der Waals surface area contributed by atoms with Crippen LogP contribution >= 0.6 is 11.3 Å². The minimum absolute atomic E-state index is 0.0756. The Morgan fingerprint density at radius 2 is 2.15 bits per heavy atom. The van der Waals surface area contributed by atoms with E-state index >= 15 is 0 Å². The monoisotopic (exact) mass is 290 g/mol. The molecule has 0 unspecified atom stereocenters. The van der Waals surface area contributed by atoms with Crippen LogP contribution in [0.4, 0.5) is 5.82 Å². The van der Waals surface area contributed by atoms with Crippen LogP contribution in [-0.2, 0) is 4.79 Å². The summed E-state index contributed by atoms with van der Waals surface area (Å²) >= 11 is 1.55. The molecule has 20 heavy (non-hydrogen) atoms. The molecule has 0 radical (unpaired) electrons. The number of nitrogens with one attached hydrogen (secondary N) is 1. The van der Waals surface area contributed by atoms with Crippen molar-refractivity contribution in [1.82, 2.24) is 9.97 Å². The summed E-state index contributed by atoms with van der Waals surface area (Å²) in [6.45, 7) is 0.732. The zero-order valence-electron chi connectivity index (χ0n) is 11.2. The van der Waals surface area contributed by atoms with Crippen molar-refractivity contribution in [3.63, 3.8) is 0 Å². The van der Waals surface area contributed by atoms with E-state index in [4.69, 9.17) is 5.73 Å². The van der Waals surface area contributed by atoms with Gasteiger partial charge in [-0.3, -0.25) is 4.79 Å². The molecule has 0 aromatic carbocycles. The highest BCUT2D eigenvalue weighted by Crippen LogP contribution is 2.30. The van der Waals surface area contributed by atoms with Crippen molar-refractivity contribution in [2.24, 2.45) is 17.6 Å². The Kier molecular flexibility index (Phi) is 3.93. The highest BCUT2D eigenvalue weighted by molar-refractivity contribution is 7.16. The summed E-state index contributed by atoms with van der Waals surface area (Å²) < 4.78 is 0. The molecule has 3 N–H and O–H groups in total. The zero-order valence-corrected chi connectivity index (χ0v) is 12.0. The van der Waals surface area contributed by atoms with Crippen LogP contribution in [0.3, 0.4) is 0 Å². The number of fused-ring (bicyclic) bond motifs is 1. The van der Waals surface area contributed by atoms with Crippen molar-refractivity contribution in [2.75, 3.05) is 11.9 Å². The molecule has 0 bridgehead atoms. The Morgan fingerprint density at radius 1 is 1.35 bits per heavy atom. The van der Waals surface area contributed by atoms with E-state index in [0.717, 1.165) is 42.4 Å². The molecule has 5 nitrogen and oxygen atoms in total. The van der Waals surface area contributed by atoms with E-state index in [1.165, 1.54) is 6.33 Å². The molecule has 1 aliphatic rings. The van der Waals surface area contributed by atoms with Crippen LogP contribution in [0.2, 0.25) is 0 Å². The van der Waals surface area contributed by atoms with Gasteiger partial charge in [-0.2, -0.15) is 0 Å². The fourth-order valence-corrected chi connectivity index (χ4v) is 3.50.